The Morgan fingerprint density at radius 3 is 2.62 bits per heavy atom. The number of nitrogens with one attached hydrogen (secondary N) is 1. The van der Waals surface area contributed by atoms with Crippen LogP contribution in [0.25, 0.3) is 10.1 Å². The Balaban J connectivity index is 1.97. The summed E-state index contributed by atoms with van der Waals surface area (Å²) in [5, 5.41) is 4.86. The maximum absolute atomic E-state index is 13.9. The average Bonchev–Trinajstić information content (AvgIpc) is 2.81. The molecule has 3 rings (SSSR count). The van der Waals surface area contributed by atoms with E-state index in [0.29, 0.717) is 10.7 Å². The van der Waals surface area contributed by atoms with E-state index in [1.165, 1.54) is 26.6 Å². The molecule has 0 radical (unpaired) electrons. The van der Waals surface area contributed by atoms with Crippen LogP contribution in [0.4, 0.5) is 10.1 Å². The van der Waals surface area contributed by atoms with E-state index in [9.17, 15) is 4.39 Å². The zero-order valence-electron chi connectivity index (χ0n) is 11.8. The van der Waals surface area contributed by atoms with Crippen molar-refractivity contribution in [2.24, 2.45) is 0 Å². The largest absolute Gasteiger partial charge is 0.374 e. The number of hydrogen-bond donors (Lipinski definition) is 1. The van der Waals surface area contributed by atoms with Gasteiger partial charge < -0.3 is 5.32 Å². The van der Waals surface area contributed by atoms with Gasteiger partial charge in [0, 0.05) is 9.58 Å². The van der Waals surface area contributed by atoms with Crippen LogP contribution in [0.5, 0.6) is 0 Å². The Labute approximate surface area is 132 Å². The standard InChI is InChI=1S/C17H15ClFNS/c1-10-12-6-3-4-9-15(12)21-17(10)11(2)20-16-13(18)7-5-8-14(16)19/h3-9,11,20H,1-2H3. The average molecular weight is 320 g/mol. The fraction of sp³-hybridized carbons (Fsp3) is 0.176. The topological polar surface area (TPSA) is 12.0 Å². The van der Waals surface area contributed by atoms with E-state index in [1.807, 2.05) is 19.1 Å². The first-order valence-electron chi connectivity index (χ1n) is 6.76. The van der Waals surface area contributed by atoms with Crippen molar-refractivity contribution in [3.63, 3.8) is 0 Å². The number of benzene rings is 2. The van der Waals surface area contributed by atoms with E-state index in [-0.39, 0.29) is 11.9 Å². The third kappa shape index (κ3) is 2.63. The predicted octanol–water partition coefficient (Wildman–Crippen LogP) is 6.18. The first kappa shape index (κ1) is 14.4. The van der Waals surface area contributed by atoms with Gasteiger partial charge in [-0.3, -0.25) is 0 Å². The number of fused-ring (bicyclic) bond motifs is 1. The monoisotopic (exact) mass is 319 g/mol. The van der Waals surface area contributed by atoms with Crippen molar-refractivity contribution in [1.82, 2.24) is 0 Å². The molecule has 1 heterocycles. The molecule has 2 aromatic carbocycles. The van der Waals surface area contributed by atoms with E-state index in [2.05, 4.69) is 24.4 Å². The number of thiophene rings is 1. The zero-order valence-corrected chi connectivity index (χ0v) is 13.4. The highest BCUT2D eigenvalue weighted by Crippen LogP contribution is 2.37. The van der Waals surface area contributed by atoms with Gasteiger partial charge in [-0.2, -0.15) is 0 Å². The summed E-state index contributed by atoms with van der Waals surface area (Å²) in [6.45, 7) is 4.13. The molecule has 0 aliphatic rings. The number of hydrogen-bond acceptors (Lipinski definition) is 2. The molecule has 0 fully saturated rings. The number of rotatable bonds is 3. The fourth-order valence-electron chi connectivity index (χ4n) is 2.52. The third-order valence-electron chi connectivity index (χ3n) is 3.60. The quantitative estimate of drug-likeness (QED) is 0.608. The smallest absolute Gasteiger partial charge is 0.147 e. The van der Waals surface area contributed by atoms with Gasteiger partial charge in [-0.05, 0) is 43.0 Å². The van der Waals surface area contributed by atoms with E-state index in [4.69, 9.17) is 11.6 Å². The second kappa shape index (κ2) is 5.66. The molecule has 0 aliphatic carbocycles. The molecule has 1 unspecified atom stereocenters. The van der Waals surface area contributed by atoms with E-state index in [1.54, 1.807) is 23.5 Å². The minimum atomic E-state index is -0.326. The van der Waals surface area contributed by atoms with Crippen LogP contribution in [-0.4, -0.2) is 0 Å². The molecule has 4 heteroatoms. The van der Waals surface area contributed by atoms with Crippen LogP contribution in [0, 0.1) is 12.7 Å². The maximum Gasteiger partial charge on any atom is 0.147 e. The van der Waals surface area contributed by atoms with Gasteiger partial charge in [0.05, 0.1) is 16.8 Å². The van der Waals surface area contributed by atoms with Crippen LogP contribution in [-0.2, 0) is 0 Å². The second-order valence-electron chi connectivity index (χ2n) is 5.05. The molecular formula is C17H15ClFNS. The molecule has 0 spiro atoms. The molecule has 108 valence electrons. The van der Waals surface area contributed by atoms with Crippen molar-refractivity contribution >= 4 is 38.7 Å². The lowest BCUT2D eigenvalue weighted by molar-refractivity contribution is 0.628. The summed E-state index contributed by atoms with van der Waals surface area (Å²) in [4.78, 5) is 1.20. The highest BCUT2D eigenvalue weighted by molar-refractivity contribution is 7.19. The Morgan fingerprint density at radius 1 is 1.14 bits per heavy atom. The predicted molar refractivity (Wildman–Crippen MR) is 90.0 cm³/mol. The summed E-state index contributed by atoms with van der Waals surface area (Å²) in [6.07, 6.45) is 0. The van der Waals surface area contributed by atoms with Gasteiger partial charge in [-0.15, -0.1) is 11.3 Å². The van der Waals surface area contributed by atoms with Crippen molar-refractivity contribution in [2.75, 3.05) is 5.32 Å². The summed E-state index contributed by atoms with van der Waals surface area (Å²) in [5.74, 6) is -0.326. The van der Waals surface area contributed by atoms with Crippen molar-refractivity contribution in [3.05, 3.63) is 63.7 Å². The second-order valence-corrected chi connectivity index (χ2v) is 6.54. The van der Waals surface area contributed by atoms with Crippen LogP contribution in [0.2, 0.25) is 5.02 Å². The molecule has 1 atom stereocenters. The number of anilines is 1. The number of halogens is 2. The molecule has 21 heavy (non-hydrogen) atoms. The fourth-order valence-corrected chi connectivity index (χ4v) is 3.96. The normalized spacial score (nSPS) is 12.6. The number of para-hydroxylation sites is 1. The number of aryl methyl sites for hydroxylation is 1. The van der Waals surface area contributed by atoms with Gasteiger partial charge in [0.1, 0.15) is 5.82 Å². The minimum Gasteiger partial charge on any atom is -0.374 e. The molecule has 1 aromatic heterocycles. The summed E-state index contributed by atoms with van der Waals surface area (Å²) in [6, 6.07) is 13.0. The van der Waals surface area contributed by atoms with Crippen LogP contribution in [0.1, 0.15) is 23.4 Å². The molecule has 0 aliphatic heterocycles. The molecule has 1 nitrogen and oxygen atoms in total. The summed E-state index contributed by atoms with van der Waals surface area (Å²) >= 11 is 7.82. The van der Waals surface area contributed by atoms with Crippen molar-refractivity contribution in [2.45, 2.75) is 19.9 Å². The Morgan fingerprint density at radius 2 is 1.90 bits per heavy atom. The van der Waals surface area contributed by atoms with E-state index in [0.717, 1.165) is 0 Å². The molecule has 0 saturated carbocycles. The van der Waals surface area contributed by atoms with Crippen LogP contribution in [0.15, 0.2) is 42.5 Å². The van der Waals surface area contributed by atoms with Gasteiger partial charge in [-0.25, -0.2) is 4.39 Å². The van der Waals surface area contributed by atoms with Crippen molar-refractivity contribution in [1.29, 1.82) is 0 Å². The summed E-state index contributed by atoms with van der Waals surface area (Å²) < 4.78 is 15.1. The van der Waals surface area contributed by atoms with E-state index < -0.39 is 0 Å². The van der Waals surface area contributed by atoms with Crippen molar-refractivity contribution in [3.8, 4) is 0 Å². The molecule has 0 amide bonds. The summed E-state index contributed by atoms with van der Waals surface area (Å²) in [7, 11) is 0. The Bertz CT molecular complexity index is 776. The Hall–Kier alpha value is -1.58. The molecule has 1 N–H and O–H groups in total. The summed E-state index contributed by atoms with van der Waals surface area (Å²) in [5.41, 5.74) is 1.60. The lowest BCUT2D eigenvalue weighted by Crippen LogP contribution is -2.08. The van der Waals surface area contributed by atoms with Gasteiger partial charge >= 0.3 is 0 Å². The third-order valence-corrected chi connectivity index (χ3v) is 5.37. The van der Waals surface area contributed by atoms with Gasteiger partial charge in [-0.1, -0.05) is 35.9 Å². The first-order valence-corrected chi connectivity index (χ1v) is 7.96. The molecule has 0 bridgehead atoms. The van der Waals surface area contributed by atoms with Crippen molar-refractivity contribution < 1.29 is 4.39 Å². The molecular weight excluding hydrogens is 305 g/mol. The highest BCUT2D eigenvalue weighted by atomic mass is 35.5. The van der Waals surface area contributed by atoms with Crippen LogP contribution in [0.3, 0.4) is 0 Å². The van der Waals surface area contributed by atoms with Gasteiger partial charge in [0.25, 0.3) is 0 Å². The SMILES string of the molecule is Cc1c(C(C)Nc2c(F)cccc2Cl)sc2ccccc12. The zero-order chi connectivity index (χ0) is 15.0. The lowest BCUT2D eigenvalue weighted by Gasteiger charge is -2.16. The maximum atomic E-state index is 13.9. The Kier molecular flexibility index (Phi) is 3.87. The van der Waals surface area contributed by atoms with Crippen LogP contribution < -0.4 is 5.32 Å². The highest BCUT2D eigenvalue weighted by Gasteiger charge is 2.16. The van der Waals surface area contributed by atoms with Gasteiger partial charge in [0.15, 0.2) is 0 Å². The van der Waals surface area contributed by atoms with E-state index >= 15 is 0 Å². The van der Waals surface area contributed by atoms with Gasteiger partial charge in [0.2, 0.25) is 0 Å². The molecule has 0 saturated heterocycles. The molecule has 3 aromatic rings. The lowest BCUT2D eigenvalue weighted by atomic mass is 10.1. The minimum absolute atomic E-state index is 0.00296. The first-order chi connectivity index (χ1) is 10.1. The van der Waals surface area contributed by atoms with Crippen LogP contribution >= 0.6 is 22.9 Å².